The van der Waals surface area contributed by atoms with Gasteiger partial charge in [0.1, 0.15) is 0 Å². The molecule has 0 radical (unpaired) electrons. The van der Waals surface area contributed by atoms with Crippen LogP contribution in [-0.4, -0.2) is 36.9 Å². The van der Waals surface area contributed by atoms with Gasteiger partial charge in [-0.1, -0.05) is 0 Å². The Hall–Kier alpha value is -0.310. The average Bonchev–Trinajstić information content (AvgIpc) is 2.20. The van der Waals surface area contributed by atoms with Crippen molar-refractivity contribution in [2.24, 2.45) is 0 Å². The van der Waals surface area contributed by atoms with Gasteiger partial charge >= 0.3 is 0 Å². The number of quaternary nitrogens is 1. The second kappa shape index (κ2) is 5.54. The third-order valence-electron chi connectivity index (χ3n) is 2.43. The summed E-state index contributed by atoms with van der Waals surface area (Å²) in [4.78, 5) is 4.11. The van der Waals surface area contributed by atoms with E-state index in [-0.39, 0.29) is 0 Å². The van der Waals surface area contributed by atoms with Crippen molar-refractivity contribution in [3.8, 4) is 0 Å². The maximum atomic E-state index is 5.79. The monoisotopic (exact) mass is 233 g/mol. The van der Waals surface area contributed by atoms with E-state index in [2.05, 4.69) is 18.1 Å². The van der Waals surface area contributed by atoms with E-state index in [0.717, 1.165) is 23.3 Å². The second-order valence-electron chi connectivity index (χ2n) is 3.43. The molecule has 0 amide bonds. The normalized spacial score (nSPS) is 11.6. The SMILES string of the molecule is C[N+](CCCl)(CCCl)c1cccnc1. The Morgan fingerprint density at radius 1 is 1.29 bits per heavy atom. The summed E-state index contributed by atoms with van der Waals surface area (Å²) in [5.41, 5.74) is 1.16. The van der Waals surface area contributed by atoms with Gasteiger partial charge in [0.05, 0.1) is 38.1 Å². The number of halogens is 2. The number of pyridine rings is 1. The molecule has 4 heteroatoms. The van der Waals surface area contributed by atoms with Crippen LogP contribution in [0.5, 0.6) is 0 Å². The predicted octanol–water partition coefficient (Wildman–Crippen LogP) is 2.50. The molecular weight excluding hydrogens is 219 g/mol. The van der Waals surface area contributed by atoms with E-state index in [1.165, 1.54) is 0 Å². The van der Waals surface area contributed by atoms with Crippen LogP contribution in [0.1, 0.15) is 0 Å². The van der Waals surface area contributed by atoms with Gasteiger partial charge in [0.25, 0.3) is 0 Å². The van der Waals surface area contributed by atoms with Gasteiger partial charge in [-0.3, -0.25) is 9.47 Å². The van der Waals surface area contributed by atoms with Gasteiger partial charge in [-0.25, -0.2) is 0 Å². The molecular formula is C10H15Cl2N2+. The molecule has 0 saturated carbocycles. The highest BCUT2D eigenvalue weighted by molar-refractivity contribution is 6.18. The highest BCUT2D eigenvalue weighted by Crippen LogP contribution is 2.19. The molecule has 1 aromatic rings. The van der Waals surface area contributed by atoms with Gasteiger partial charge in [-0.15, -0.1) is 23.2 Å². The topological polar surface area (TPSA) is 12.9 Å². The maximum absolute atomic E-state index is 5.79. The van der Waals surface area contributed by atoms with Crippen molar-refractivity contribution >= 4 is 28.9 Å². The Bertz CT molecular complexity index is 258. The first kappa shape index (κ1) is 11.8. The molecule has 1 aromatic heterocycles. The molecule has 0 aliphatic rings. The summed E-state index contributed by atoms with van der Waals surface area (Å²) < 4.78 is 0.751. The summed E-state index contributed by atoms with van der Waals surface area (Å²) in [5, 5.41) is 0. The summed E-state index contributed by atoms with van der Waals surface area (Å²) >= 11 is 11.6. The summed E-state index contributed by atoms with van der Waals surface area (Å²) in [6.45, 7) is 1.75. The quantitative estimate of drug-likeness (QED) is 0.563. The zero-order valence-electron chi connectivity index (χ0n) is 8.29. The van der Waals surface area contributed by atoms with Gasteiger partial charge in [0.15, 0.2) is 5.69 Å². The number of hydrogen-bond acceptors (Lipinski definition) is 1. The van der Waals surface area contributed by atoms with Crippen molar-refractivity contribution in [3.63, 3.8) is 0 Å². The maximum Gasteiger partial charge on any atom is 0.151 e. The van der Waals surface area contributed by atoms with Crippen LogP contribution in [0.3, 0.4) is 0 Å². The lowest BCUT2D eigenvalue weighted by atomic mass is 10.3. The summed E-state index contributed by atoms with van der Waals surface area (Å²) in [7, 11) is 2.13. The molecule has 1 heterocycles. The van der Waals surface area contributed by atoms with Gasteiger partial charge in [0, 0.05) is 12.3 Å². The van der Waals surface area contributed by atoms with E-state index in [0.29, 0.717) is 11.8 Å². The zero-order chi connectivity index (χ0) is 10.4. The van der Waals surface area contributed by atoms with E-state index in [4.69, 9.17) is 23.2 Å². The Morgan fingerprint density at radius 3 is 2.36 bits per heavy atom. The molecule has 0 aliphatic heterocycles. The average molecular weight is 234 g/mol. The van der Waals surface area contributed by atoms with Crippen molar-refractivity contribution in [3.05, 3.63) is 24.5 Å². The lowest BCUT2D eigenvalue weighted by Crippen LogP contribution is -2.48. The minimum absolute atomic E-state index is 0.627. The highest BCUT2D eigenvalue weighted by atomic mass is 35.5. The number of hydrogen-bond donors (Lipinski definition) is 0. The van der Waals surface area contributed by atoms with Gasteiger partial charge in [0.2, 0.25) is 0 Å². The molecule has 2 nitrogen and oxygen atoms in total. The summed E-state index contributed by atoms with van der Waals surface area (Å²) in [6.07, 6.45) is 3.65. The molecule has 0 atom stereocenters. The van der Waals surface area contributed by atoms with Gasteiger partial charge in [-0.05, 0) is 6.07 Å². The van der Waals surface area contributed by atoms with Crippen LogP contribution in [0, 0.1) is 0 Å². The smallest absolute Gasteiger partial charge is 0.151 e. The van der Waals surface area contributed by atoms with E-state index in [1.54, 1.807) is 6.20 Å². The largest absolute Gasteiger partial charge is 0.290 e. The fraction of sp³-hybridized carbons (Fsp3) is 0.500. The third-order valence-corrected chi connectivity index (χ3v) is 2.76. The van der Waals surface area contributed by atoms with E-state index >= 15 is 0 Å². The highest BCUT2D eigenvalue weighted by Gasteiger charge is 2.23. The van der Waals surface area contributed by atoms with E-state index < -0.39 is 0 Å². The first-order valence-corrected chi connectivity index (χ1v) is 5.67. The molecule has 0 unspecified atom stereocenters. The van der Waals surface area contributed by atoms with Crippen LogP contribution in [0.25, 0.3) is 0 Å². The van der Waals surface area contributed by atoms with Crippen LogP contribution in [-0.2, 0) is 0 Å². The number of rotatable bonds is 5. The van der Waals surface area contributed by atoms with Crippen LogP contribution in [0.2, 0.25) is 0 Å². The van der Waals surface area contributed by atoms with Crippen LogP contribution in [0.4, 0.5) is 5.69 Å². The Morgan fingerprint density at radius 2 is 1.93 bits per heavy atom. The lowest BCUT2D eigenvalue weighted by Gasteiger charge is -2.32. The Kier molecular flexibility index (Phi) is 4.66. The molecule has 78 valence electrons. The van der Waals surface area contributed by atoms with Crippen LogP contribution < -0.4 is 4.48 Å². The number of alkyl halides is 2. The minimum atomic E-state index is 0.627. The van der Waals surface area contributed by atoms with Crippen molar-refractivity contribution in [1.82, 2.24) is 9.47 Å². The fourth-order valence-electron chi connectivity index (χ4n) is 1.42. The molecule has 0 spiro atoms. The molecule has 0 saturated heterocycles. The van der Waals surface area contributed by atoms with E-state index in [1.807, 2.05) is 12.3 Å². The van der Waals surface area contributed by atoms with Crippen molar-refractivity contribution in [2.75, 3.05) is 31.9 Å². The molecule has 1 rings (SSSR count). The molecule has 0 fully saturated rings. The first-order valence-electron chi connectivity index (χ1n) is 4.60. The number of aromatic nitrogens is 1. The number of nitrogens with zero attached hydrogens (tertiary/aromatic N) is 2. The molecule has 0 aliphatic carbocycles. The van der Waals surface area contributed by atoms with Crippen LogP contribution in [0.15, 0.2) is 24.5 Å². The Labute approximate surface area is 95.1 Å². The minimum Gasteiger partial charge on any atom is -0.290 e. The second-order valence-corrected chi connectivity index (χ2v) is 4.19. The van der Waals surface area contributed by atoms with Gasteiger partial charge < -0.3 is 0 Å². The molecule has 0 aromatic carbocycles. The van der Waals surface area contributed by atoms with E-state index in [9.17, 15) is 0 Å². The fourth-order valence-corrected chi connectivity index (χ4v) is 2.16. The summed E-state index contributed by atoms with van der Waals surface area (Å²) in [6, 6.07) is 4.00. The van der Waals surface area contributed by atoms with Crippen LogP contribution >= 0.6 is 23.2 Å². The first-order chi connectivity index (χ1) is 6.73. The van der Waals surface area contributed by atoms with Gasteiger partial charge in [-0.2, -0.15) is 0 Å². The third kappa shape index (κ3) is 2.84. The standard InChI is InChI=1S/C10H15Cl2N2/c1-14(7-4-11,8-5-12)10-3-2-6-13-9-10/h2-3,6,9H,4-5,7-8H2,1H3/q+1. The van der Waals surface area contributed by atoms with Crippen molar-refractivity contribution in [1.29, 1.82) is 0 Å². The van der Waals surface area contributed by atoms with Crippen molar-refractivity contribution in [2.45, 2.75) is 0 Å². The lowest BCUT2D eigenvalue weighted by molar-refractivity contribution is 0.368. The molecule has 14 heavy (non-hydrogen) atoms. The molecule has 0 N–H and O–H groups in total. The zero-order valence-corrected chi connectivity index (χ0v) is 9.80. The summed E-state index contributed by atoms with van der Waals surface area (Å²) in [5.74, 6) is 1.25. The predicted molar refractivity (Wildman–Crippen MR) is 63.1 cm³/mol. The Balaban J connectivity index is 2.87. The van der Waals surface area contributed by atoms with Crippen molar-refractivity contribution < 1.29 is 0 Å². The molecule has 0 bridgehead atoms.